The lowest BCUT2D eigenvalue weighted by atomic mass is 10.2. The predicted molar refractivity (Wildman–Crippen MR) is 91.6 cm³/mol. The number of nitrogens with one attached hydrogen (secondary N) is 2. The van der Waals surface area contributed by atoms with E-state index in [0.717, 1.165) is 29.0 Å². The number of aliphatic imine (C=N–C) groups is 1. The van der Waals surface area contributed by atoms with E-state index in [1.54, 1.807) is 25.5 Å². The molecule has 0 fully saturated rings. The molecule has 0 spiro atoms. The highest BCUT2D eigenvalue weighted by Crippen LogP contribution is 2.16. The van der Waals surface area contributed by atoms with Crippen LogP contribution in [0.3, 0.4) is 0 Å². The second-order valence-corrected chi connectivity index (χ2v) is 6.16. The summed E-state index contributed by atoms with van der Waals surface area (Å²) in [5.41, 5.74) is 2.26. The van der Waals surface area contributed by atoms with E-state index in [0.29, 0.717) is 6.54 Å². The van der Waals surface area contributed by atoms with E-state index in [1.165, 1.54) is 10.4 Å². The van der Waals surface area contributed by atoms with Crippen LogP contribution in [-0.2, 0) is 13.1 Å². The van der Waals surface area contributed by atoms with Gasteiger partial charge < -0.3 is 15.4 Å². The van der Waals surface area contributed by atoms with Gasteiger partial charge in [0.05, 0.1) is 24.4 Å². The van der Waals surface area contributed by atoms with Gasteiger partial charge in [0.1, 0.15) is 5.75 Å². The van der Waals surface area contributed by atoms with E-state index in [1.807, 2.05) is 38.1 Å². The Morgan fingerprint density at radius 3 is 2.41 bits per heavy atom. The van der Waals surface area contributed by atoms with Gasteiger partial charge in [0.2, 0.25) is 0 Å². The van der Waals surface area contributed by atoms with Crippen LogP contribution in [0.2, 0.25) is 0 Å². The molecule has 0 amide bonds. The molecule has 2 rings (SSSR count). The Bertz CT molecular complexity index is 634. The summed E-state index contributed by atoms with van der Waals surface area (Å²) in [6.45, 7) is 5.51. The van der Waals surface area contributed by atoms with Crippen molar-refractivity contribution in [1.29, 1.82) is 0 Å². The van der Waals surface area contributed by atoms with Crippen molar-refractivity contribution in [1.82, 2.24) is 15.6 Å². The molecule has 6 heteroatoms. The van der Waals surface area contributed by atoms with Gasteiger partial charge in [-0.1, -0.05) is 12.1 Å². The van der Waals surface area contributed by atoms with Crippen LogP contribution in [0.15, 0.2) is 29.3 Å². The number of methoxy groups -OCH3 is 1. The first kappa shape index (κ1) is 16.3. The number of hydrogen-bond acceptors (Lipinski definition) is 4. The van der Waals surface area contributed by atoms with Crippen LogP contribution < -0.4 is 15.4 Å². The molecule has 0 bridgehead atoms. The summed E-state index contributed by atoms with van der Waals surface area (Å²) in [5, 5.41) is 7.71. The molecule has 1 heterocycles. The molecule has 1 aromatic carbocycles. The van der Waals surface area contributed by atoms with E-state index in [9.17, 15) is 0 Å². The molecule has 2 N–H and O–H groups in total. The van der Waals surface area contributed by atoms with Gasteiger partial charge in [-0.25, -0.2) is 4.98 Å². The number of guanidine groups is 1. The molecule has 2 aromatic rings. The smallest absolute Gasteiger partial charge is 0.191 e. The first-order valence-corrected chi connectivity index (χ1v) is 7.94. The lowest BCUT2D eigenvalue weighted by molar-refractivity contribution is 0.414. The van der Waals surface area contributed by atoms with Crippen molar-refractivity contribution < 1.29 is 4.74 Å². The summed E-state index contributed by atoms with van der Waals surface area (Å²) in [6, 6.07) is 7.99. The van der Waals surface area contributed by atoms with Gasteiger partial charge in [-0.3, -0.25) is 4.99 Å². The highest BCUT2D eigenvalue weighted by Gasteiger charge is 2.05. The molecule has 0 saturated carbocycles. The van der Waals surface area contributed by atoms with Crippen LogP contribution in [0.1, 0.15) is 21.1 Å². The van der Waals surface area contributed by atoms with Crippen LogP contribution in [0.4, 0.5) is 0 Å². The van der Waals surface area contributed by atoms with Crippen LogP contribution in [0.25, 0.3) is 0 Å². The van der Waals surface area contributed by atoms with Crippen LogP contribution in [0, 0.1) is 13.8 Å². The highest BCUT2D eigenvalue weighted by molar-refractivity contribution is 7.11. The number of thiazole rings is 1. The molecule has 0 radical (unpaired) electrons. The minimum atomic E-state index is 0.713. The molecule has 1 aromatic heterocycles. The fourth-order valence-electron chi connectivity index (χ4n) is 2.05. The maximum Gasteiger partial charge on any atom is 0.191 e. The number of rotatable bonds is 5. The second kappa shape index (κ2) is 7.79. The van der Waals surface area contributed by atoms with E-state index >= 15 is 0 Å². The maximum atomic E-state index is 5.16. The molecule has 0 aliphatic rings. The molecular formula is C16H22N4OS. The molecule has 0 aliphatic carbocycles. The zero-order chi connectivity index (χ0) is 15.9. The van der Waals surface area contributed by atoms with Gasteiger partial charge in [-0.05, 0) is 31.5 Å². The number of ether oxygens (including phenoxy) is 1. The normalized spacial score (nSPS) is 11.4. The zero-order valence-electron chi connectivity index (χ0n) is 13.4. The number of aromatic nitrogens is 1. The molecule has 0 saturated heterocycles. The lowest BCUT2D eigenvalue weighted by Gasteiger charge is -2.11. The number of benzene rings is 1. The topological polar surface area (TPSA) is 58.5 Å². The van der Waals surface area contributed by atoms with Crippen molar-refractivity contribution in [3.8, 4) is 5.75 Å². The maximum absolute atomic E-state index is 5.16. The fourth-order valence-corrected chi connectivity index (χ4v) is 2.93. The third-order valence-corrected chi connectivity index (χ3v) is 4.33. The van der Waals surface area contributed by atoms with Gasteiger partial charge in [0, 0.05) is 18.5 Å². The molecule has 0 aliphatic heterocycles. The molecule has 0 unspecified atom stereocenters. The Hall–Kier alpha value is -2.08. The van der Waals surface area contributed by atoms with Crippen LogP contribution in [-0.4, -0.2) is 25.1 Å². The van der Waals surface area contributed by atoms with E-state index in [4.69, 9.17) is 4.74 Å². The van der Waals surface area contributed by atoms with Crippen molar-refractivity contribution in [2.75, 3.05) is 14.2 Å². The monoisotopic (exact) mass is 318 g/mol. The summed E-state index contributed by atoms with van der Waals surface area (Å²) < 4.78 is 5.16. The van der Waals surface area contributed by atoms with Gasteiger partial charge in [-0.2, -0.15) is 0 Å². The van der Waals surface area contributed by atoms with Crippen molar-refractivity contribution in [3.05, 3.63) is 45.4 Å². The molecule has 0 atom stereocenters. The summed E-state index contributed by atoms with van der Waals surface area (Å²) in [4.78, 5) is 9.91. The summed E-state index contributed by atoms with van der Waals surface area (Å²) in [5.74, 6) is 1.64. The van der Waals surface area contributed by atoms with E-state index in [2.05, 4.69) is 20.6 Å². The minimum absolute atomic E-state index is 0.713. The minimum Gasteiger partial charge on any atom is -0.497 e. The average molecular weight is 318 g/mol. The first-order chi connectivity index (χ1) is 10.6. The Morgan fingerprint density at radius 1 is 1.18 bits per heavy atom. The quantitative estimate of drug-likeness (QED) is 0.657. The Kier molecular flexibility index (Phi) is 5.77. The first-order valence-electron chi connectivity index (χ1n) is 7.12. The number of hydrogen-bond donors (Lipinski definition) is 2. The molecular weight excluding hydrogens is 296 g/mol. The Labute approximate surface area is 135 Å². The predicted octanol–water partition coefficient (Wildman–Crippen LogP) is 2.63. The number of nitrogens with zero attached hydrogens (tertiary/aromatic N) is 2. The van der Waals surface area contributed by atoms with Crippen LogP contribution >= 0.6 is 11.3 Å². The van der Waals surface area contributed by atoms with Crippen molar-refractivity contribution in [2.24, 2.45) is 4.99 Å². The van der Waals surface area contributed by atoms with E-state index < -0.39 is 0 Å². The third-order valence-electron chi connectivity index (χ3n) is 3.26. The van der Waals surface area contributed by atoms with Crippen LogP contribution in [0.5, 0.6) is 5.75 Å². The van der Waals surface area contributed by atoms with Crippen molar-refractivity contribution in [3.63, 3.8) is 0 Å². The Balaban J connectivity index is 1.85. The van der Waals surface area contributed by atoms with Crippen molar-refractivity contribution >= 4 is 17.3 Å². The molecule has 118 valence electrons. The van der Waals surface area contributed by atoms with Gasteiger partial charge >= 0.3 is 0 Å². The standard InChI is InChI=1S/C16H22N4OS/c1-11-15(22-12(2)20-11)10-19-16(17-3)18-9-13-5-7-14(21-4)8-6-13/h5-8H,9-10H2,1-4H3,(H2,17,18,19). The number of aryl methyl sites for hydroxylation is 2. The lowest BCUT2D eigenvalue weighted by Crippen LogP contribution is -2.36. The van der Waals surface area contributed by atoms with Gasteiger partial charge in [0.25, 0.3) is 0 Å². The van der Waals surface area contributed by atoms with Crippen molar-refractivity contribution in [2.45, 2.75) is 26.9 Å². The highest BCUT2D eigenvalue weighted by atomic mass is 32.1. The zero-order valence-corrected chi connectivity index (χ0v) is 14.3. The largest absolute Gasteiger partial charge is 0.497 e. The fraction of sp³-hybridized carbons (Fsp3) is 0.375. The summed E-state index contributed by atoms with van der Waals surface area (Å²) in [7, 11) is 3.44. The summed E-state index contributed by atoms with van der Waals surface area (Å²) in [6.07, 6.45) is 0. The van der Waals surface area contributed by atoms with Gasteiger partial charge in [0.15, 0.2) is 5.96 Å². The molecule has 5 nitrogen and oxygen atoms in total. The SMILES string of the molecule is CN=C(NCc1ccc(OC)cc1)NCc1sc(C)nc1C. The van der Waals surface area contributed by atoms with Gasteiger partial charge in [-0.15, -0.1) is 11.3 Å². The Morgan fingerprint density at radius 2 is 1.86 bits per heavy atom. The second-order valence-electron chi connectivity index (χ2n) is 4.87. The molecule has 22 heavy (non-hydrogen) atoms. The average Bonchev–Trinajstić information content (AvgIpc) is 2.86. The van der Waals surface area contributed by atoms with E-state index in [-0.39, 0.29) is 0 Å². The third kappa shape index (κ3) is 4.46. The summed E-state index contributed by atoms with van der Waals surface area (Å²) >= 11 is 1.72.